The van der Waals surface area contributed by atoms with E-state index in [1.54, 1.807) is 0 Å². The molecule has 1 N–H and O–H groups in total. The van der Waals surface area contributed by atoms with E-state index in [1.807, 2.05) is 13.2 Å². The average molecular weight is 257 g/mol. The van der Waals surface area contributed by atoms with Gasteiger partial charge in [0.2, 0.25) is 0 Å². The van der Waals surface area contributed by atoms with Crippen LogP contribution in [0.5, 0.6) is 0 Å². The van der Waals surface area contributed by atoms with Gasteiger partial charge in [0, 0.05) is 30.9 Å². The third-order valence-electron chi connectivity index (χ3n) is 3.67. The summed E-state index contributed by atoms with van der Waals surface area (Å²) in [6, 6.07) is 6.68. The van der Waals surface area contributed by atoms with Gasteiger partial charge in [0.05, 0.1) is 11.9 Å². The molecule has 0 aliphatic heterocycles. The fourth-order valence-electron chi connectivity index (χ4n) is 2.47. The molecule has 0 unspecified atom stereocenters. The van der Waals surface area contributed by atoms with Crippen LogP contribution in [0.2, 0.25) is 0 Å². The third kappa shape index (κ3) is 2.50. The lowest BCUT2D eigenvalue weighted by molar-refractivity contribution is 0.852. The predicted molar refractivity (Wildman–Crippen MR) is 84.2 cm³/mol. The molecule has 0 aliphatic carbocycles. The summed E-state index contributed by atoms with van der Waals surface area (Å²) in [6.45, 7) is 8.49. The zero-order valence-corrected chi connectivity index (χ0v) is 12.3. The molecule has 102 valence electrons. The van der Waals surface area contributed by atoms with E-state index in [0.717, 1.165) is 31.0 Å². The van der Waals surface area contributed by atoms with Crippen LogP contribution in [0.3, 0.4) is 0 Å². The summed E-state index contributed by atoms with van der Waals surface area (Å²) >= 11 is 0. The van der Waals surface area contributed by atoms with E-state index < -0.39 is 0 Å². The number of aromatic nitrogens is 1. The molecule has 0 atom stereocenters. The Morgan fingerprint density at radius 3 is 2.42 bits per heavy atom. The number of rotatable bonds is 5. The largest absolute Gasteiger partial charge is 0.386 e. The van der Waals surface area contributed by atoms with E-state index in [0.29, 0.717) is 0 Å². The number of nitrogens with one attached hydrogen (secondary N) is 1. The SMILES string of the molecule is CCc1ccc2c(NC)cnc(N(CC)CC)c2c1. The fraction of sp³-hybridized carbons (Fsp3) is 0.438. The molecule has 0 bridgehead atoms. The van der Waals surface area contributed by atoms with Crippen molar-refractivity contribution < 1.29 is 0 Å². The van der Waals surface area contributed by atoms with Gasteiger partial charge in [0.15, 0.2) is 0 Å². The molecule has 0 radical (unpaired) electrons. The van der Waals surface area contributed by atoms with E-state index >= 15 is 0 Å². The molecule has 3 heteroatoms. The van der Waals surface area contributed by atoms with Crippen LogP contribution in [-0.4, -0.2) is 25.1 Å². The van der Waals surface area contributed by atoms with Crippen LogP contribution in [0, 0.1) is 0 Å². The number of hydrogen-bond acceptors (Lipinski definition) is 3. The van der Waals surface area contributed by atoms with Crippen LogP contribution in [0.1, 0.15) is 26.3 Å². The highest BCUT2D eigenvalue weighted by atomic mass is 15.2. The number of fused-ring (bicyclic) bond motifs is 1. The topological polar surface area (TPSA) is 28.2 Å². The maximum atomic E-state index is 4.66. The molecule has 2 aromatic rings. The Balaban J connectivity index is 2.70. The lowest BCUT2D eigenvalue weighted by Crippen LogP contribution is -2.23. The summed E-state index contributed by atoms with van der Waals surface area (Å²) < 4.78 is 0. The van der Waals surface area contributed by atoms with Gasteiger partial charge in [-0.15, -0.1) is 0 Å². The van der Waals surface area contributed by atoms with E-state index in [-0.39, 0.29) is 0 Å². The summed E-state index contributed by atoms with van der Waals surface area (Å²) in [5, 5.41) is 5.72. The lowest BCUT2D eigenvalue weighted by Gasteiger charge is -2.22. The minimum atomic E-state index is 0.980. The smallest absolute Gasteiger partial charge is 0.136 e. The number of anilines is 2. The van der Waals surface area contributed by atoms with Crippen molar-refractivity contribution in [2.45, 2.75) is 27.2 Å². The van der Waals surface area contributed by atoms with Crippen molar-refractivity contribution in [3.8, 4) is 0 Å². The molecule has 0 saturated heterocycles. The van der Waals surface area contributed by atoms with Gasteiger partial charge in [0.25, 0.3) is 0 Å². The molecule has 1 aromatic heterocycles. The molecule has 0 saturated carbocycles. The third-order valence-corrected chi connectivity index (χ3v) is 3.67. The monoisotopic (exact) mass is 257 g/mol. The molecule has 3 nitrogen and oxygen atoms in total. The normalized spacial score (nSPS) is 10.7. The Bertz CT molecular complexity index is 559. The van der Waals surface area contributed by atoms with E-state index in [2.05, 4.69) is 54.2 Å². The minimum absolute atomic E-state index is 0.980. The second-order valence-electron chi connectivity index (χ2n) is 4.65. The maximum Gasteiger partial charge on any atom is 0.136 e. The average Bonchev–Trinajstić information content (AvgIpc) is 2.48. The first-order chi connectivity index (χ1) is 9.24. The van der Waals surface area contributed by atoms with Crippen molar-refractivity contribution in [2.24, 2.45) is 0 Å². The first-order valence-corrected chi connectivity index (χ1v) is 7.09. The molecule has 1 heterocycles. The van der Waals surface area contributed by atoms with Crippen LogP contribution in [0.4, 0.5) is 11.5 Å². The van der Waals surface area contributed by atoms with Crippen molar-refractivity contribution in [3.63, 3.8) is 0 Å². The number of nitrogens with zero attached hydrogens (tertiary/aromatic N) is 2. The van der Waals surface area contributed by atoms with Gasteiger partial charge in [-0.05, 0) is 31.9 Å². The van der Waals surface area contributed by atoms with Gasteiger partial charge in [-0.3, -0.25) is 0 Å². The predicted octanol–water partition coefficient (Wildman–Crippen LogP) is 3.69. The molecular formula is C16H23N3. The van der Waals surface area contributed by atoms with Crippen molar-refractivity contribution in [3.05, 3.63) is 30.0 Å². The van der Waals surface area contributed by atoms with Gasteiger partial charge in [-0.2, -0.15) is 0 Å². The lowest BCUT2D eigenvalue weighted by atomic mass is 10.0. The molecule has 0 amide bonds. The van der Waals surface area contributed by atoms with E-state index in [4.69, 9.17) is 0 Å². The molecule has 2 rings (SSSR count). The molecule has 19 heavy (non-hydrogen) atoms. The maximum absolute atomic E-state index is 4.66. The zero-order chi connectivity index (χ0) is 13.8. The van der Waals surface area contributed by atoms with Crippen LogP contribution in [0.25, 0.3) is 10.8 Å². The van der Waals surface area contributed by atoms with Crippen LogP contribution in [-0.2, 0) is 6.42 Å². The highest BCUT2D eigenvalue weighted by Crippen LogP contribution is 2.30. The van der Waals surface area contributed by atoms with Gasteiger partial charge in [0.1, 0.15) is 5.82 Å². The van der Waals surface area contributed by atoms with Crippen molar-refractivity contribution in [1.29, 1.82) is 0 Å². The Labute approximate surface area is 115 Å². The summed E-state index contributed by atoms with van der Waals surface area (Å²) in [5.74, 6) is 1.09. The van der Waals surface area contributed by atoms with Gasteiger partial charge in [-0.1, -0.05) is 19.1 Å². The molecule has 1 aromatic carbocycles. The van der Waals surface area contributed by atoms with Gasteiger partial charge in [-0.25, -0.2) is 4.98 Å². The molecular weight excluding hydrogens is 234 g/mol. The summed E-state index contributed by atoms with van der Waals surface area (Å²) in [4.78, 5) is 6.97. The van der Waals surface area contributed by atoms with Crippen molar-refractivity contribution in [2.75, 3.05) is 30.4 Å². The zero-order valence-electron chi connectivity index (χ0n) is 12.3. The van der Waals surface area contributed by atoms with Crippen molar-refractivity contribution in [1.82, 2.24) is 4.98 Å². The Morgan fingerprint density at radius 2 is 1.84 bits per heavy atom. The van der Waals surface area contributed by atoms with Gasteiger partial charge >= 0.3 is 0 Å². The summed E-state index contributed by atoms with van der Waals surface area (Å²) in [6.07, 6.45) is 2.99. The Hall–Kier alpha value is -1.77. The fourth-order valence-corrected chi connectivity index (χ4v) is 2.47. The molecule has 0 spiro atoms. The quantitative estimate of drug-likeness (QED) is 0.885. The molecule has 0 fully saturated rings. The Morgan fingerprint density at radius 1 is 1.11 bits per heavy atom. The van der Waals surface area contributed by atoms with Crippen molar-refractivity contribution >= 4 is 22.3 Å². The van der Waals surface area contributed by atoms with Crippen LogP contribution in [0.15, 0.2) is 24.4 Å². The number of pyridine rings is 1. The summed E-state index contributed by atoms with van der Waals surface area (Å²) in [7, 11) is 1.95. The van der Waals surface area contributed by atoms with Crippen LogP contribution >= 0.6 is 0 Å². The number of aryl methyl sites for hydroxylation is 1. The van der Waals surface area contributed by atoms with Crippen LogP contribution < -0.4 is 10.2 Å². The summed E-state index contributed by atoms with van der Waals surface area (Å²) in [5.41, 5.74) is 2.45. The van der Waals surface area contributed by atoms with Gasteiger partial charge < -0.3 is 10.2 Å². The highest BCUT2D eigenvalue weighted by Gasteiger charge is 2.11. The highest BCUT2D eigenvalue weighted by molar-refractivity contribution is 6.00. The minimum Gasteiger partial charge on any atom is -0.386 e. The standard InChI is InChI=1S/C16H23N3/c1-5-12-8-9-13-14(10-12)16(19(6-2)7-3)18-11-15(13)17-4/h8-11,17H,5-7H2,1-4H3. The second kappa shape index (κ2) is 5.91. The second-order valence-corrected chi connectivity index (χ2v) is 4.65. The first-order valence-electron chi connectivity index (χ1n) is 7.09. The molecule has 0 aliphatic rings. The van der Waals surface area contributed by atoms with E-state index in [9.17, 15) is 0 Å². The Kier molecular flexibility index (Phi) is 4.25. The first kappa shape index (κ1) is 13.7. The van der Waals surface area contributed by atoms with E-state index in [1.165, 1.54) is 16.3 Å². The number of hydrogen-bond donors (Lipinski definition) is 1. The number of benzene rings is 1.